The molecule has 8 heteroatoms. The van der Waals surface area contributed by atoms with Crippen LogP contribution in [-0.2, 0) is 14.6 Å². The first-order valence-electron chi connectivity index (χ1n) is 10.8. The monoisotopic (exact) mass is 479 g/mol. The van der Waals surface area contributed by atoms with E-state index in [0.29, 0.717) is 28.8 Å². The van der Waals surface area contributed by atoms with Crippen LogP contribution in [-0.4, -0.2) is 33.1 Å². The molecule has 0 saturated carbocycles. The van der Waals surface area contributed by atoms with Crippen LogP contribution >= 0.6 is 0 Å². The van der Waals surface area contributed by atoms with Gasteiger partial charge in [0.15, 0.2) is 15.9 Å². The number of amides is 1. The number of sulfone groups is 1. The van der Waals surface area contributed by atoms with Gasteiger partial charge in [-0.05, 0) is 34.7 Å². The van der Waals surface area contributed by atoms with Gasteiger partial charge < -0.3 is 15.8 Å². The third-order valence-corrected chi connectivity index (χ3v) is 6.35. The van der Waals surface area contributed by atoms with E-state index in [4.69, 9.17) is 15.9 Å². The first-order chi connectivity index (χ1) is 16.1. The van der Waals surface area contributed by atoms with Crippen molar-refractivity contribution in [1.29, 1.82) is 5.41 Å². The number of hydrogen-bond acceptors (Lipinski definition) is 5. The maximum Gasteiger partial charge on any atom is 0.408 e. The molecule has 1 unspecified atom stereocenters. The molecule has 0 radical (unpaired) electrons. The average molecular weight is 480 g/mol. The second kappa shape index (κ2) is 10.5. The summed E-state index contributed by atoms with van der Waals surface area (Å²) in [6.45, 7) is 4.45. The Morgan fingerprint density at radius 2 is 1.68 bits per heavy atom. The molecule has 178 valence electrons. The van der Waals surface area contributed by atoms with Gasteiger partial charge in [-0.25, -0.2) is 13.2 Å². The van der Waals surface area contributed by atoms with Crippen LogP contribution in [0.2, 0.25) is 0 Å². The molecule has 1 atom stereocenters. The molecule has 3 rings (SSSR count). The van der Waals surface area contributed by atoms with Crippen molar-refractivity contribution in [3.05, 3.63) is 89.5 Å². The normalized spacial score (nSPS) is 12.2. The molecule has 0 aliphatic carbocycles. The molecule has 0 fully saturated rings. The van der Waals surface area contributed by atoms with Gasteiger partial charge in [-0.15, -0.1) is 0 Å². The lowest BCUT2D eigenvalue weighted by Crippen LogP contribution is -2.29. The SMILES string of the molecule is CC(C)CNC(=O)OC(c1ccc(-c2ccccc2S(C)(=O)=O)cc1)c1cccc(C(=N)N)c1. The van der Waals surface area contributed by atoms with Gasteiger partial charge in [-0.1, -0.05) is 74.5 Å². The number of nitrogens with one attached hydrogen (secondary N) is 2. The van der Waals surface area contributed by atoms with Crippen molar-refractivity contribution >= 4 is 21.8 Å². The van der Waals surface area contributed by atoms with Crippen LogP contribution in [0.5, 0.6) is 0 Å². The zero-order valence-electron chi connectivity index (χ0n) is 19.4. The van der Waals surface area contributed by atoms with Crippen molar-refractivity contribution in [1.82, 2.24) is 5.32 Å². The Balaban J connectivity index is 1.99. The molecule has 1 amide bonds. The lowest BCUT2D eigenvalue weighted by molar-refractivity contribution is 0.115. The van der Waals surface area contributed by atoms with E-state index in [1.54, 1.807) is 72.8 Å². The molecular formula is C26H29N3O4S. The Morgan fingerprint density at radius 3 is 2.29 bits per heavy atom. The fourth-order valence-corrected chi connectivity index (χ4v) is 4.41. The fourth-order valence-electron chi connectivity index (χ4n) is 3.50. The Morgan fingerprint density at radius 1 is 1.00 bits per heavy atom. The summed E-state index contributed by atoms with van der Waals surface area (Å²) < 4.78 is 30.2. The number of nitrogens with two attached hydrogens (primary N) is 1. The minimum Gasteiger partial charge on any atom is -0.436 e. The van der Waals surface area contributed by atoms with Gasteiger partial charge in [-0.3, -0.25) is 5.41 Å². The standard InChI is InChI=1S/C26H29N3O4S/c1-17(2)16-29-26(30)33-24(20-7-6-8-21(15-20)25(27)28)19-13-11-18(12-14-19)22-9-4-5-10-23(22)34(3,31)32/h4-15,17,24H,16H2,1-3H3,(H3,27,28)(H,29,30). The maximum atomic E-state index is 12.5. The molecule has 34 heavy (non-hydrogen) atoms. The summed E-state index contributed by atoms with van der Waals surface area (Å²) in [6.07, 6.45) is -0.119. The van der Waals surface area contributed by atoms with Gasteiger partial charge in [0.2, 0.25) is 0 Å². The molecule has 3 aromatic carbocycles. The van der Waals surface area contributed by atoms with Crippen molar-refractivity contribution in [2.45, 2.75) is 24.8 Å². The Kier molecular flexibility index (Phi) is 7.73. The molecule has 0 aliphatic rings. The van der Waals surface area contributed by atoms with Crippen LogP contribution in [0.25, 0.3) is 11.1 Å². The van der Waals surface area contributed by atoms with Crippen LogP contribution in [0.15, 0.2) is 77.7 Å². The maximum absolute atomic E-state index is 12.5. The number of alkyl carbamates (subject to hydrolysis) is 1. The zero-order chi connectivity index (χ0) is 24.9. The number of carbonyl (C=O) groups excluding carboxylic acids is 1. The molecule has 0 heterocycles. The molecule has 7 nitrogen and oxygen atoms in total. The van der Waals surface area contributed by atoms with Crippen molar-refractivity contribution in [3.8, 4) is 11.1 Å². The summed E-state index contributed by atoms with van der Waals surface area (Å²) >= 11 is 0. The van der Waals surface area contributed by atoms with Crippen LogP contribution in [0.3, 0.4) is 0 Å². The van der Waals surface area contributed by atoms with Gasteiger partial charge in [0.25, 0.3) is 0 Å². The third-order valence-electron chi connectivity index (χ3n) is 5.19. The summed E-state index contributed by atoms with van der Waals surface area (Å²) in [6, 6.07) is 21.0. The molecule has 0 bridgehead atoms. The van der Waals surface area contributed by atoms with Crippen molar-refractivity contribution < 1.29 is 17.9 Å². The first kappa shape index (κ1) is 25.0. The van der Waals surface area contributed by atoms with Crippen LogP contribution in [0.1, 0.15) is 36.6 Å². The highest BCUT2D eigenvalue weighted by atomic mass is 32.2. The summed E-state index contributed by atoms with van der Waals surface area (Å²) in [5.74, 6) is 0.179. The predicted molar refractivity (Wildman–Crippen MR) is 134 cm³/mol. The minimum absolute atomic E-state index is 0.0856. The van der Waals surface area contributed by atoms with E-state index in [0.717, 1.165) is 5.56 Å². The van der Waals surface area contributed by atoms with E-state index in [1.165, 1.54) is 6.26 Å². The van der Waals surface area contributed by atoms with Gasteiger partial charge in [0, 0.05) is 23.9 Å². The quantitative estimate of drug-likeness (QED) is 0.324. The summed E-state index contributed by atoms with van der Waals surface area (Å²) in [4.78, 5) is 12.7. The average Bonchev–Trinajstić information content (AvgIpc) is 2.81. The second-order valence-electron chi connectivity index (χ2n) is 8.49. The summed E-state index contributed by atoms with van der Waals surface area (Å²) in [7, 11) is -3.40. The molecular weight excluding hydrogens is 450 g/mol. The fraction of sp³-hybridized carbons (Fsp3) is 0.231. The number of nitrogen functional groups attached to an aromatic ring is 1. The van der Waals surface area contributed by atoms with Gasteiger partial charge in [0.05, 0.1) is 4.90 Å². The van der Waals surface area contributed by atoms with E-state index >= 15 is 0 Å². The molecule has 0 saturated heterocycles. The highest BCUT2D eigenvalue weighted by molar-refractivity contribution is 7.90. The lowest BCUT2D eigenvalue weighted by atomic mass is 9.97. The molecule has 3 aromatic rings. The largest absolute Gasteiger partial charge is 0.436 e. The number of benzene rings is 3. The second-order valence-corrected chi connectivity index (χ2v) is 10.5. The van der Waals surface area contributed by atoms with E-state index < -0.39 is 22.0 Å². The first-order valence-corrected chi connectivity index (χ1v) is 12.7. The van der Waals surface area contributed by atoms with Gasteiger partial charge in [0.1, 0.15) is 5.84 Å². The van der Waals surface area contributed by atoms with E-state index in [2.05, 4.69) is 5.32 Å². The molecule has 0 spiro atoms. The van der Waals surface area contributed by atoms with Crippen LogP contribution < -0.4 is 11.1 Å². The van der Waals surface area contributed by atoms with Crippen molar-refractivity contribution in [3.63, 3.8) is 0 Å². The van der Waals surface area contributed by atoms with E-state index in [1.807, 2.05) is 13.8 Å². The number of carbonyl (C=O) groups is 1. The zero-order valence-corrected chi connectivity index (χ0v) is 20.2. The highest BCUT2D eigenvalue weighted by Crippen LogP contribution is 2.31. The Bertz CT molecular complexity index is 1290. The smallest absolute Gasteiger partial charge is 0.408 e. The van der Waals surface area contributed by atoms with Crippen LogP contribution in [0, 0.1) is 11.3 Å². The minimum atomic E-state index is -3.40. The summed E-state index contributed by atoms with van der Waals surface area (Å²) in [5.41, 5.74) is 8.86. The number of rotatable bonds is 8. The van der Waals surface area contributed by atoms with Gasteiger partial charge >= 0.3 is 6.09 Å². The number of ether oxygens (including phenoxy) is 1. The molecule has 4 N–H and O–H groups in total. The topological polar surface area (TPSA) is 122 Å². The van der Waals surface area contributed by atoms with Gasteiger partial charge in [-0.2, -0.15) is 0 Å². The Hall–Kier alpha value is -3.65. The Labute approximate surface area is 200 Å². The van der Waals surface area contributed by atoms with Crippen molar-refractivity contribution in [2.24, 2.45) is 11.7 Å². The number of hydrogen-bond donors (Lipinski definition) is 3. The molecule has 0 aliphatic heterocycles. The van der Waals surface area contributed by atoms with E-state index in [-0.39, 0.29) is 16.6 Å². The van der Waals surface area contributed by atoms with E-state index in [9.17, 15) is 13.2 Å². The predicted octanol–water partition coefficient (Wildman–Crippen LogP) is 4.51. The van der Waals surface area contributed by atoms with Crippen molar-refractivity contribution in [2.75, 3.05) is 12.8 Å². The number of amidine groups is 1. The molecule has 0 aromatic heterocycles. The van der Waals surface area contributed by atoms with Crippen LogP contribution in [0.4, 0.5) is 4.79 Å². The lowest BCUT2D eigenvalue weighted by Gasteiger charge is -2.21. The third kappa shape index (κ3) is 6.23. The summed E-state index contributed by atoms with van der Waals surface area (Å²) in [5, 5.41) is 10.5. The highest BCUT2D eigenvalue weighted by Gasteiger charge is 2.21.